The van der Waals surface area contributed by atoms with Crippen molar-refractivity contribution in [2.24, 2.45) is 4.99 Å². The molecule has 2 heterocycles. The van der Waals surface area contributed by atoms with Gasteiger partial charge in [-0.1, -0.05) is 13.3 Å². The maximum atomic E-state index is 11.8. The fourth-order valence-corrected chi connectivity index (χ4v) is 3.27. The Labute approximate surface area is 164 Å². The molecule has 140 valence electrons. The number of amides is 1. The van der Waals surface area contributed by atoms with Gasteiger partial charge in [-0.25, -0.2) is 4.99 Å². The summed E-state index contributed by atoms with van der Waals surface area (Å²) in [5, 5.41) is 3.45. The first-order valence-electron chi connectivity index (χ1n) is 9.09. The first-order valence-corrected chi connectivity index (χ1v) is 9.09. The van der Waals surface area contributed by atoms with E-state index < -0.39 is 0 Å². The van der Waals surface area contributed by atoms with E-state index in [9.17, 15) is 4.79 Å². The lowest BCUT2D eigenvalue weighted by atomic mass is 10.2. The number of guanidine groups is 1. The van der Waals surface area contributed by atoms with Crippen LogP contribution in [-0.4, -0.2) is 86.0 Å². The predicted molar refractivity (Wildman–Crippen MR) is 110 cm³/mol. The fraction of sp³-hybridized carbons (Fsp3) is 0.882. The average Bonchev–Trinajstić information content (AvgIpc) is 3.20. The van der Waals surface area contributed by atoms with Gasteiger partial charge in [0.25, 0.3) is 0 Å². The van der Waals surface area contributed by atoms with Gasteiger partial charge in [0.05, 0.1) is 0 Å². The van der Waals surface area contributed by atoms with E-state index in [1.165, 1.54) is 32.4 Å². The summed E-state index contributed by atoms with van der Waals surface area (Å²) >= 11 is 0. The third-order valence-corrected chi connectivity index (χ3v) is 4.80. The molecule has 2 rings (SSSR count). The molecular formula is C17H34IN5O. The van der Waals surface area contributed by atoms with Gasteiger partial charge in [-0.2, -0.15) is 0 Å². The highest BCUT2D eigenvalue weighted by atomic mass is 127. The van der Waals surface area contributed by atoms with Crippen molar-refractivity contribution in [3.63, 3.8) is 0 Å². The number of carbonyl (C=O) groups excluding carboxylic acids is 1. The first kappa shape index (κ1) is 21.5. The highest BCUT2D eigenvalue weighted by Gasteiger charge is 2.30. The molecular weight excluding hydrogens is 417 g/mol. The van der Waals surface area contributed by atoms with Crippen molar-refractivity contribution in [1.82, 2.24) is 20.0 Å². The Bertz CT molecular complexity index is 410. The fourth-order valence-electron chi connectivity index (χ4n) is 3.27. The second-order valence-corrected chi connectivity index (χ2v) is 6.84. The monoisotopic (exact) mass is 451 g/mol. The van der Waals surface area contributed by atoms with Gasteiger partial charge in [0, 0.05) is 39.8 Å². The predicted octanol–water partition coefficient (Wildman–Crippen LogP) is 1.61. The molecule has 2 aliphatic rings. The zero-order chi connectivity index (χ0) is 16.7. The second kappa shape index (κ2) is 11.1. The summed E-state index contributed by atoms with van der Waals surface area (Å²) in [4.78, 5) is 23.0. The molecule has 2 fully saturated rings. The van der Waals surface area contributed by atoms with Crippen LogP contribution in [0.1, 0.15) is 39.0 Å². The molecule has 0 spiro atoms. The summed E-state index contributed by atoms with van der Waals surface area (Å²) in [5.41, 5.74) is 0. The molecule has 6 nitrogen and oxygen atoms in total. The number of hydrogen-bond donors (Lipinski definition) is 1. The third kappa shape index (κ3) is 6.38. The molecule has 1 atom stereocenters. The van der Waals surface area contributed by atoms with Crippen molar-refractivity contribution in [1.29, 1.82) is 0 Å². The average molecular weight is 451 g/mol. The maximum Gasteiger partial charge on any atom is 0.243 e. The number of rotatable bonds is 6. The molecule has 2 saturated heterocycles. The van der Waals surface area contributed by atoms with Crippen molar-refractivity contribution in [2.45, 2.75) is 45.1 Å². The van der Waals surface area contributed by atoms with Crippen LogP contribution in [0.3, 0.4) is 0 Å². The van der Waals surface area contributed by atoms with Crippen LogP contribution in [0.25, 0.3) is 0 Å². The summed E-state index contributed by atoms with van der Waals surface area (Å²) in [6, 6.07) is 0.653. The molecule has 2 aliphatic heterocycles. The SMILES string of the molecule is CCCCNC(=NCC(=O)N(C)C)N1CCC(N2CCCC2)C1.I. The van der Waals surface area contributed by atoms with E-state index >= 15 is 0 Å². The van der Waals surface area contributed by atoms with Crippen molar-refractivity contribution >= 4 is 35.8 Å². The Morgan fingerprint density at radius 1 is 1.25 bits per heavy atom. The molecule has 7 heteroatoms. The Hall–Kier alpha value is -0.570. The number of likely N-dealkylation sites (N-methyl/N-ethyl adjacent to an activating group) is 1. The maximum absolute atomic E-state index is 11.8. The molecule has 0 aromatic rings. The lowest BCUT2D eigenvalue weighted by molar-refractivity contribution is -0.127. The van der Waals surface area contributed by atoms with Gasteiger partial charge in [-0.15, -0.1) is 24.0 Å². The van der Waals surface area contributed by atoms with Gasteiger partial charge in [0.15, 0.2) is 5.96 Å². The van der Waals surface area contributed by atoms with Gasteiger partial charge in [0.2, 0.25) is 5.91 Å². The Morgan fingerprint density at radius 2 is 1.96 bits per heavy atom. The number of carbonyl (C=O) groups is 1. The second-order valence-electron chi connectivity index (χ2n) is 6.84. The van der Waals surface area contributed by atoms with E-state index in [1.54, 1.807) is 19.0 Å². The number of nitrogens with zero attached hydrogens (tertiary/aromatic N) is 4. The van der Waals surface area contributed by atoms with E-state index in [4.69, 9.17) is 0 Å². The van der Waals surface area contributed by atoms with Gasteiger partial charge >= 0.3 is 0 Å². The van der Waals surface area contributed by atoms with E-state index in [0.29, 0.717) is 6.04 Å². The minimum absolute atomic E-state index is 0. The minimum Gasteiger partial charge on any atom is -0.356 e. The first-order chi connectivity index (χ1) is 11.1. The summed E-state index contributed by atoms with van der Waals surface area (Å²) in [6.45, 7) is 7.90. The third-order valence-electron chi connectivity index (χ3n) is 4.80. The van der Waals surface area contributed by atoms with Gasteiger partial charge < -0.3 is 15.1 Å². The van der Waals surface area contributed by atoms with Gasteiger partial charge in [0.1, 0.15) is 6.54 Å². The van der Waals surface area contributed by atoms with Crippen LogP contribution >= 0.6 is 24.0 Å². The van der Waals surface area contributed by atoms with Crippen LogP contribution < -0.4 is 5.32 Å². The van der Waals surface area contributed by atoms with E-state index in [2.05, 4.69) is 27.0 Å². The zero-order valence-corrected chi connectivity index (χ0v) is 17.8. The van der Waals surface area contributed by atoms with Crippen molar-refractivity contribution in [3.05, 3.63) is 0 Å². The highest BCUT2D eigenvalue weighted by Crippen LogP contribution is 2.20. The molecule has 1 N–H and O–H groups in total. The summed E-state index contributed by atoms with van der Waals surface area (Å²) < 4.78 is 0. The normalized spacial score (nSPS) is 21.7. The quantitative estimate of drug-likeness (QED) is 0.289. The van der Waals surface area contributed by atoms with Crippen molar-refractivity contribution in [3.8, 4) is 0 Å². The van der Waals surface area contributed by atoms with Crippen LogP contribution in [0, 0.1) is 0 Å². The summed E-state index contributed by atoms with van der Waals surface area (Å²) in [6.07, 6.45) is 6.17. The minimum atomic E-state index is 0. The van der Waals surface area contributed by atoms with E-state index in [-0.39, 0.29) is 36.4 Å². The van der Waals surface area contributed by atoms with Crippen LogP contribution in [0.4, 0.5) is 0 Å². The molecule has 0 saturated carbocycles. The lowest BCUT2D eigenvalue weighted by Crippen LogP contribution is -2.43. The number of aliphatic imine (C=N–C) groups is 1. The Balaban J connectivity index is 0.00000288. The number of nitrogens with one attached hydrogen (secondary N) is 1. The Kier molecular flexibility index (Phi) is 9.95. The van der Waals surface area contributed by atoms with Gasteiger partial charge in [-0.3, -0.25) is 9.69 Å². The lowest BCUT2D eigenvalue weighted by Gasteiger charge is -2.25. The largest absolute Gasteiger partial charge is 0.356 e. The molecule has 1 amide bonds. The Morgan fingerprint density at radius 3 is 2.58 bits per heavy atom. The number of hydrogen-bond acceptors (Lipinski definition) is 3. The molecule has 0 radical (unpaired) electrons. The molecule has 24 heavy (non-hydrogen) atoms. The number of unbranched alkanes of at least 4 members (excludes halogenated alkanes) is 1. The van der Waals surface area contributed by atoms with Crippen LogP contribution in [0.2, 0.25) is 0 Å². The summed E-state index contributed by atoms with van der Waals surface area (Å²) in [5.74, 6) is 0.963. The van der Waals surface area contributed by atoms with E-state index in [0.717, 1.165) is 38.4 Å². The topological polar surface area (TPSA) is 51.2 Å². The zero-order valence-electron chi connectivity index (χ0n) is 15.5. The smallest absolute Gasteiger partial charge is 0.243 e. The van der Waals surface area contributed by atoms with E-state index in [1.807, 2.05) is 0 Å². The number of halogens is 1. The molecule has 0 bridgehead atoms. The standard InChI is InChI=1S/C17H33N5O.HI/c1-4-5-9-18-17(19-13-16(23)20(2)3)22-12-8-15(14-22)21-10-6-7-11-21;/h15H,4-14H2,1-3H3,(H,18,19);1H. The van der Waals surface area contributed by atoms with Crippen LogP contribution in [-0.2, 0) is 4.79 Å². The number of likely N-dealkylation sites (tertiary alicyclic amines) is 2. The van der Waals surface area contributed by atoms with Crippen molar-refractivity contribution < 1.29 is 4.79 Å². The van der Waals surface area contributed by atoms with Crippen LogP contribution in [0.5, 0.6) is 0 Å². The molecule has 0 aromatic heterocycles. The molecule has 0 aromatic carbocycles. The van der Waals surface area contributed by atoms with Gasteiger partial charge in [-0.05, 0) is 38.8 Å². The highest BCUT2D eigenvalue weighted by molar-refractivity contribution is 14.0. The molecule has 0 aliphatic carbocycles. The summed E-state index contributed by atoms with van der Waals surface area (Å²) in [7, 11) is 3.56. The molecule has 1 unspecified atom stereocenters. The van der Waals surface area contributed by atoms with Crippen molar-refractivity contribution in [2.75, 3.05) is 53.4 Å². The van der Waals surface area contributed by atoms with Crippen LogP contribution in [0.15, 0.2) is 4.99 Å².